The molecule has 4 nitrogen and oxygen atoms in total. The minimum Gasteiger partial charge on any atom is -0.360 e. The van der Waals surface area contributed by atoms with Crippen molar-refractivity contribution in [2.45, 2.75) is 13.0 Å². The molecule has 1 aromatic carbocycles. The summed E-state index contributed by atoms with van der Waals surface area (Å²) in [6.45, 7) is 2.31. The highest BCUT2D eigenvalue weighted by molar-refractivity contribution is 6.04. The molecule has 0 saturated heterocycles. The van der Waals surface area contributed by atoms with E-state index in [1.807, 2.05) is 37.1 Å². The van der Waals surface area contributed by atoms with E-state index in [0.29, 0.717) is 6.54 Å². The normalized spacial score (nSPS) is 19.8. The predicted molar refractivity (Wildman–Crippen MR) is 61.1 cm³/mol. The highest BCUT2D eigenvalue weighted by Crippen LogP contribution is 2.33. The molecule has 0 bridgehead atoms. The average molecular weight is 205 g/mol. The van der Waals surface area contributed by atoms with Gasteiger partial charge in [0.2, 0.25) is 5.91 Å². The van der Waals surface area contributed by atoms with Crippen molar-refractivity contribution in [3.8, 4) is 0 Å². The van der Waals surface area contributed by atoms with Crippen LogP contribution in [0.25, 0.3) is 0 Å². The van der Waals surface area contributed by atoms with E-state index in [0.717, 1.165) is 16.9 Å². The van der Waals surface area contributed by atoms with Crippen LogP contribution in [0.15, 0.2) is 18.2 Å². The molecule has 4 heteroatoms. The Morgan fingerprint density at radius 3 is 2.93 bits per heavy atom. The van der Waals surface area contributed by atoms with Crippen molar-refractivity contribution in [3.63, 3.8) is 0 Å². The van der Waals surface area contributed by atoms with Gasteiger partial charge in [-0.3, -0.25) is 4.79 Å². The molecule has 0 aromatic heterocycles. The van der Waals surface area contributed by atoms with Gasteiger partial charge in [0.15, 0.2) is 0 Å². The maximum atomic E-state index is 11.7. The zero-order chi connectivity index (χ0) is 11.0. The third-order valence-electron chi connectivity index (χ3n) is 2.87. The predicted octanol–water partition coefficient (Wildman–Crippen LogP) is 0.711. The number of nitrogens with zero attached hydrogens (tertiary/aromatic N) is 1. The maximum absolute atomic E-state index is 11.7. The Morgan fingerprint density at radius 2 is 2.27 bits per heavy atom. The first kappa shape index (κ1) is 9.98. The molecule has 15 heavy (non-hydrogen) atoms. The van der Waals surface area contributed by atoms with Crippen LogP contribution in [0.1, 0.15) is 5.56 Å². The second-order valence-corrected chi connectivity index (χ2v) is 3.82. The van der Waals surface area contributed by atoms with Crippen LogP contribution in [-0.4, -0.2) is 25.5 Å². The Hall–Kier alpha value is -1.55. The van der Waals surface area contributed by atoms with Crippen LogP contribution in [0, 0.1) is 6.92 Å². The quantitative estimate of drug-likeness (QED) is 0.710. The molecule has 0 aliphatic carbocycles. The lowest BCUT2D eigenvalue weighted by molar-refractivity contribution is -0.117. The molecule has 1 amide bonds. The number of benzene rings is 1. The summed E-state index contributed by atoms with van der Waals surface area (Å²) in [4.78, 5) is 13.6. The Kier molecular flexibility index (Phi) is 2.36. The van der Waals surface area contributed by atoms with Gasteiger partial charge >= 0.3 is 0 Å². The first-order chi connectivity index (χ1) is 7.15. The lowest BCUT2D eigenvalue weighted by atomic mass is 10.1. The number of nitrogens with two attached hydrogens (primary N) is 1. The number of hydrogen-bond acceptors (Lipinski definition) is 3. The summed E-state index contributed by atoms with van der Waals surface area (Å²) < 4.78 is 0. The molecule has 2 rings (SSSR count). The highest BCUT2D eigenvalue weighted by Gasteiger charge is 2.29. The van der Waals surface area contributed by atoms with Gasteiger partial charge in [-0.25, -0.2) is 0 Å². The smallest absolute Gasteiger partial charge is 0.248 e. The molecule has 0 radical (unpaired) electrons. The summed E-state index contributed by atoms with van der Waals surface area (Å²) in [6.07, 6.45) is 0. The van der Waals surface area contributed by atoms with Crippen molar-refractivity contribution >= 4 is 17.3 Å². The van der Waals surface area contributed by atoms with E-state index in [9.17, 15) is 4.79 Å². The van der Waals surface area contributed by atoms with E-state index in [4.69, 9.17) is 5.73 Å². The molecule has 0 saturated carbocycles. The first-order valence-electron chi connectivity index (χ1n) is 4.98. The maximum Gasteiger partial charge on any atom is 0.248 e. The standard InChI is InChI=1S/C11H15N3O/c1-7-4-3-5-8-10(7)13-11(15)9(6-12)14(8)2/h3-5,9H,6,12H2,1-2H3,(H,13,15). The number of anilines is 2. The molecule has 3 N–H and O–H groups in total. The van der Waals surface area contributed by atoms with Gasteiger partial charge in [0.05, 0.1) is 11.4 Å². The van der Waals surface area contributed by atoms with Crippen molar-refractivity contribution in [2.24, 2.45) is 5.73 Å². The number of hydrogen-bond donors (Lipinski definition) is 2. The molecule has 1 heterocycles. The Bertz CT molecular complexity index is 403. The number of para-hydroxylation sites is 1. The zero-order valence-corrected chi connectivity index (χ0v) is 8.95. The van der Waals surface area contributed by atoms with E-state index >= 15 is 0 Å². The van der Waals surface area contributed by atoms with Gasteiger partial charge in [-0.15, -0.1) is 0 Å². The summed E-state index contributed by atoms with van der Waals surface area (Å²) in [7, 11) is 1.90. The summed E-state index contributed by atoms with van der Waals surface area (Å²) >= 11 is 0. The SMILES string of the molecule is Cc1cccc2c1NC(=O)C(CN)N2C. The number of likely N-dealkylation sites (N-methyl/N-ethyl adjacent to an activating group) is 1. The third kappa shape index (κ3) is 1.47. The van der Waals surface area contributed by atoms with Crippen LogP contribution in [0.5, 0.6) is 0 Å². The van der Waals surface area contributed by atoms with Gasteiger partial charge in [-0.2, -0.15) is 0 Å². The Balaban J connectivity index is 2.50. The summed E-state index contributed by atoms with van der Waals surface area (Å²) in [6, 6.07) is 5.69. The van der Waals surface area contributed by atoms with E-state index in [-0.39, 0.29) is 11.9 Å². The molecule has 0 spiro atoms. The van der Waals surface area contributed by atoms with Gasteiger partial charge in [0.1, 0.15) is 6.04 Å². The third-order valence-corrected chi connectivity index (χ3v) is 2.87. The first-order valence-corrected chi connectivity index (χ1v) is 4.98. The van der Waals surface area contributed by atoms with Crippen LogP contribution < -0.4 is 16.0 Å². The second kappa shape index (κ2) is 3.55. The lowest BCUT2D eigenvalue weighted by Gasteiger charge is -2.35. The van der Waals surface area contributed by atoms with Crippen LogP contribution in [0.4, 0.5) is 11.4 Å². The number of carbonyl (C=O) groups is 1. The monoisotopic (exact) mass is 205 g/mol. The summed E-state index contributed by atoms with van der Waals surface area (Å²) in [5.74, 6) is -0.0261. The van der Waals surface area contributed by atoms with Crippen LogP contribution in [-0.2, 0) is 4.79 Å². The van der Waals surface area contributed by atoms with Gasteiger partial charge < -0.3 is 16.0 Å². The van der Waals surface area contributed by atoms with Gasteiger partial charge in [0.25, 0.3) is 0 Å². The van der Waals surface area contributed by atoms with Crippen LogP contribution in [0.3, 0.4) is 0 Å². The molecule has 1 unspecified atom stereocenters. The van der Waals surface area contributed by atoms with E-state index in [1.54, 1.807) is 0 Å². The minimum absolute atomic E-state index is 0.0261. The number of amides is 1. The minimum atomic E-state index is -0.265. The van der Waals surface area contributed by atoms with E-state index in [1.165, 1.54) is 0 Å². The molecule has 1 aliphatic heterocycles. The van der Waals surface area contributed by atoms with Crippen molar-refractivity contribution in [2.75, 3.05) is 23.8 Å². The van der Waals surface area contributed by atoms with Crippen LogP contribution in [0.2, 0.25) is 0 Å². The van der Waals surface area contributed by atoms with Gasteiger partial charge in [-0.05, 0) is 18.6 Å². The number of carbonyl (C=O) groups excluding carboxylic acids is 1. The number of aryl methyl sites for hydroxylation is 1. The fourth-order valence-electron chi connectivity index (χ4n) is 1.92. The number of fused-ring (bicyclic) bond motifs is 1. The van der Waals surface area contributed by atoms with E-state index < -0.39 is 0 Å². The van der Waals surface area contributed by atoms with Crippen molar-refractivity contribution in [1.29, 1.82) is 0 Å². The lowest BCUT2D eigenvalue weighted by Crippen LogP contribution is -2.50. The fourth-order valence-corrected chi connectivity index (χ4v) is 1.92. The largest absolute Gasteiger partial charge is 0.360 e. The highest BCUT2D eigenvalue weighted by atomic mass is 16.2. The van der Waals surface area contributed by atoms with Crippen molar-refractivity contribution < 1.29 is 4.79 Å². The Morgan fingerprint density at radius 1 is 1.53 bits per heavy atom. The molecule has 1 aromatic rings. The van der Waals surface area contributed by atoms with Crippen molar-refractivity contribution in [3.05, 3.63) is 23.8 Å². The number of nitrogens with one attached hydrogen (secondary N) is 1. The van der Waals surface area contributed by atoms with E-state index in [2.05, 4.69) is 5.32 Å². The fraction of sp³-hybridized carbons (Fsp3) is 0.364. The second-order valence-electron chi connectivity index (χ2n) is 3.82. The topological polar surface area (TPSA) is 58.4 Å². The Labute approximate surface area is 89.1 Å². The average Bonchev–Trinajstić information content (AvgIpc) is 2.20. The van der Waals surface area contributed by atoms with Gasteiger partial charge in [-0.1, -0.05) is 12.1 Å². The molecular formula is C11H15N3O. The van der Waals surface area contributed by atoms with Crippen LogP contribution >= 0.6 is 0 Å². The van der Waals surface area contributed by atoms with Crippen molar-refractivity contribution in [1.82, 2.24) is 0 Å². The molecule has 1 atom stereocenters. The molecular weight excluding hydrogens is 190 g/mol. The van der Waals surface area contributed by atoms with Gasteiger partial charge in [0, 0.05) is 13.6 Å². The molecule has 1 aliphatic rings. The number of rotatable bonds is 1. The zero-order valence-electron chi connectivity index (χ0n) is 8.95. The summed E-state index contributed by atoms with van der Waals surface area (Å²) in [5, 5.41) is 2.90. The molecule has 80 valence electrons. The molecule has 0 fully saturated rings. The summed E-state index contributed by atoms with van der Waals surface area (Å²) in [5.41, 5.74) is 8.58.